The molecule has 1 aromatic heterocycles. The van der Waals surface area contributed by atoms with Crippen molar-refractivity contribution in [3.63, 3.8) is 0 Å². The third-order valence-corrected chi connectivity index (χ3v) is 6.77. The smallest absolute Gasteiger partial charge is 0.226 e. The molecule has 0 radical (unpaired) electrons. The second-order valence-electron chi connectivity index (χ2n) is 9.62. The molecule has 0 spiro atoms. The molecule has 35 heavy (non-hydrogen) atoms. The van der Waals surface area contributed by atoms with Gasteiger partial charge >= 0.3 is 0 Å². The number of carbonyl (C=O) groups excluding carboxylic acids is 1. The topological polar surface area (TPSA) is 56.1 Å². The first-order valence-electron chi connectivity index (χ1n) is 11.7. The summed E-state index contributed by atoms with van der Waals surface area (Å²) in [6, 6.07) is 16.0. The number of fused-ring (bicyclic) bond motifs is 1. The summed E-state index contributed by atoms with van der Waals surface area (Å²) in [5, 5.41) is 8.40. The number of hydrogen-bond donors (Lipinski definition) is 1. The number of ether oxygens (including phenoxy) is 1. The normalized spacial score (nSPS) is 16.0. The van der Waals surface area contributed by atoms with Gasteiger partial charge in [0.25, 0.3) is 0 Å². The van der Waals surface area contributed by atoms with Gasteiger partial charge in [0.2, 0.25) is 5.91 Å². The number of nitrogens with zero attached hydrogens (tertiary/aromatic N) is 2. The maximum absolute atomic E-state index is 13.8. The van der Waals surface area contributed by atoms with Crippen molar-refractivity contribution in [2.24, 2.45) is 5.41 Å². The number of aromatic nitrogens is 2. The minimum absolute atomic E-state index is 0.00870. The van der Waals surface area contributed by atoms with E-state index in [9.17, 15) is 13.6 Å². The van der Waals surface area contributed by atoms with E-state index in [1.807, 2.05) is 39.0 Å². The summed E-state index contributed by atoms with van der Waals surface area (Å²) in [6.07, 6.45) is 2.96. The fourth-order valence-electron chi connectivity index (χ4n) is 4.28. The van der Waals surface area contributed by atoms with E-state index in [-0.39, 0.29) is 29.0 Å². The molecule has 0 saturated heterocycles. The fraction of sp³-hybridized carbons (Fsp3) is 0.286. The average molecular weight is 476 g/mol. The molecule has 1 amide bonds. The lowest BCUT2D eigenvalue weighted by molar-refractivity contribution is -0.127. The standard InChI is InChI=1S/C28H27F2N3O2/c1-17-14-21(30)6-10-24(17)26(18(2)32-27(34)28(3)12-13-28)35-23-9-11-25-19(15-23)16-31-33(25)22-7-4-20(29)5-8-22/h4-11,14-16,18,26H,12-13H2,1-3H3,(H,32,34)/t18-,26+/m0/s1. The summed E-state index contributed by atoms with van der Waals surface area (Å²) >= 11 is 0. The van der Waals surface area contributed by atoms with Crippen molar-refractivity contribution in [2.45, 2.75) is 45.8 Å². The Morgan fingerprint density at radius 3 is 2.46 bits per heavy atom. The summed E-state index contributed by atoms with van der Waals surface area (Å²) in [5.74, 6) is -0.0141. The first-order valence-corrected chi connectivity index (χ1v) is 11.7. The number of amides is 1. The van der Waals surface area contributed by atoms with Crippen LogP contribution in [0.2, 0.25) is 0 Å². The van der Waals surface area contributed by atoms with Crippen molar-refractivity contribution in [1.29, 1.82) is 0 Å². The molecule has 1 heterocycles. The monoisotopic (exact) mass is 475 g/mol. The molecule has 1 saturated carbocycles. The van der Waals surface area contributed by atoms with Gasteiger partial charge in [0.15, 0.2) is 0 Å². The Bertz CT molecular complexity index is 1390. The lowest BCUT2D eigenvalue weighted by Gasteiger charge is -2.28. The summed E-state index contributed by atoms with van der Waals surface area (Å²) in [7, 11) is 0. The van der Waals surface area contributed by atoms with Crippen LogP contribution in [0.15, 0.2) is 66.9 Å². The van der Waals surface area contributed by atoms with Crippen molar-refractivity contribution >= 4 is 16.8 Å². The van der Waals surface area contributed by atoms with E-state index >= 15 is 0 Å². The SMILES string of the molecule is Cc1cc(F)ccc1[C@H](Oc1ccc2c(cnn2-c2ccc(F)cc2)c1)[C@H](C)NC(=O)C1(C)CC1. The number of nitrogens with one attached hydrogen (secondary N) is 1. The number of halogens is 2. The lowest BCUT2D eigenvalue weighted by atomic mass is 9.97. The van der Waals surface area contributed by atoms with E-state index in [2.05, 4.69) is 10.4 Å². The highest BCUT2D eigenvalue weighted by molar-refractivity contribution is 5.85. The molecular weight excluding hydrogens is 448 g/mol. The van der Waals surface area contributed by atoms with Gasteiger partial charge in [0, 0.05) is 10.8 Å². The first-order chi connectivity index (χ1) is 16.7. The van der Waals surface area contributed by atoms with E-state index < -0.39 is 6.10 Å². The molecule has 5 rings (SSSR count). The minimum atomic E-state index is -0.522. The predicted molar refractivity (Wildman–Crippen MR) is 130 cm³/mol. The van der Waals surface area contributed by atoms with Gasteiger partial charge in [-0.1, -0.05) is 13.0 Å². The molecule has 1 fully saturated rings. The quantitative estimate of drug-likeness (QED) is 0.355. The highest BCUT2D eigenvalue weighted by Crippen LogP contribution is 2.45. The summed E-state index contributed by atoms with van der Waals surface area (Å²) in [4.78, 5) is 12.7. The number of benzene rings is 3. The molecule has 1 aliphatic carbocycles. The zero-order valence-corrected chi connectivity index (χ0v) is 19.9. The second kappa shape index (κ2) is 8.80. The van der Waals surface area contributed by atoms with Gasteiger partial charge < -0.3 is 10.1 Å². The van der Waals surface area contributed by atoms with Crippen molar-refractivity contribution in [3.05, 3.63) is 89.6 Å². The van der Waals surface area contributed by atoms with Crippen molar-refractivity contribution in [3.8, 4) is 11.4 Å². The number of carbonyl (C=O) groups is 1. The number of aryl methyl sites for hydroxylation is 1. The van der Waals surface area contributed by atoms with E-state index in [4.69, 9.17) is 4.74 Å². The lowest BCUT2D eigenvalue weighted by Crippen LogP contribution is -2.42. The van der Waals surface area contributed by atoms with E-state index in [1.54, 1.807) is 29.1 Å². The molecule has 2 atom stereocenters. The zero-order chi connectivity index (χ0) is 24.7. The van der Waals surface area contributed by atoms with Crippen LogP contribution in [-0.4, -0.2) is 21.7 Å². The van der Waals surface area contributed by atoms with Crippen LogP contribution in [0.1, 0.15) is 43.9 Å². The van der Waals surface area contributed by atoms with Gasteiger partial charge in [0.05, 0.1) is 23.4 Å². The van der Waals surface area contributed by atoms with Gasteiger partial charge in [0.1, 0.15) is 23.5 Å². The van der Waals surface area contributed by atoms with Crippen LogP contribution in [0, 0.1) is 24.0 Å². The second-order valence-corrected chi connectivity index (χ2v) is 9.62. The molecule has 1 aliphatic rings. The van der Waals surface area contributed by atoms with Crippen LogP contribution in [0.3, 0.4) is 0 Å². The van der Waals surface area contributed by atoms with Crippen LogP contribution >= 0.6 is 0 Å². The summed E-state index contributed by atoms with van der Waals surface area (Å²) in [6.45, 7) is 5.70. The maximum Gasteiger partial charge on any atom is 0.226 e. The third-order valence-electron chi connectivity index (χ3n) is 6.77. The van der Waals surface area contributed by atoms with E-state index in [1.165, 1.54) is 24.3 Å². The third kappa shape index (κ3) is 4.63. The maximum atomic E-state index is 13.8. The van der Waals surface area contributed by atoms with Gasteiger partial charge in [-0.25, -0.2) is 13.5 Å². The summed E-state index contributed by atoms with van der Waals surface area (Å²) < 4.78 is 35.3. The molecule has 1 N–H and O–H groups in total. The van der Waals surface area contributed by atoms with Crippen molar-refractivity contribution < 1.29 is 18.3 Å². The van der Waals surface area contributed by atoms with Crippen LogP contribution < -0.4 is 10.1 Å². The van der Waals surface area contributed by atoms with Crippen molar-refractivity contribution in [2.75, 3.05) is 0 Å². The Hall–Kier alpha value is -3.74. The molecule has 0 bridgehead atoms. The minimum Gasteiger partial charge on any atom is -0.484 e. The van der Waals surface area contributed by atoms with Gasteiger partial charge in [-0.15, -0.1) is 0 Å². The van der Waals surface area contributed by atoms with Crippen LogP contribution in [0.4, 0.5) is 8.78 Å². The first kappa shape index (κ1) is 23.0. The Kier molecular flexibility index (Phi) is 5.79. The molecule has 5 nitrogen and oxygen atoms in total. The fourth-order valence-corrected chi connectivity index (χ4v) is 4.28. The Morgan fingerprint density at radius 2 is 1.77 bits per heavy atom. The Labute approximate surface area is 202 Å². The van der Waals surface area contributed by atoms with Gasteiger partial charge in [-0.3, -0.25) is 4.79 Å². The van der Waals surface area contributed by atoms with Crippen LogP contribution in [0.25, 0.3) is 16.6 Å². The summed E-state index contributed by atoms with van der Waals surface area (Å²) in [5.41, 5.74) is 2.84. The molecule has 3 aromatic carbocycles. The van der Waals surface area contributed by atoms with E-state index in [0.29, 0.717) is 5.75 Å². The number of hydrogen-bond acceptors (Lipinski definition) is 3. The van der Waals surface area contributed by atoms with E-state index in [0.717, 1.165) is 40.6 Å². The Morgan fingerprint density at radius 1 is 1.06 bits per heavy atom. The molecule has 0 unspecified atom stereocenters. The highest BCUT2D eigenvalue weighted by Gasteiger charge is 2.45. The van der Waals surface area contributed by atoms with Crippen LogP contribution in [0.5, 0.6) is 5.75 Å². The van der Waals surface area contributed by atoms with Gasteiger partial charge in [-0.2, -0.15) is 5.10 Å². The zero-order valence-electron chi connectivity index (χ0n) is 19.9. The van der Waals surface area contributed by atoms with Gasteiger partial charge in [-0.05, 0) is 92.4 Å². The molecule has 7 heteroatoms. The molecule has 0 aliphatic heterocycles. The molecular formula is C28H27F2N3O2. The Balaban J connectivity index is 1.45. The number of rotatable bonds is 7. The predicted octanol–water partition coefficient (Wildman–Crippen LogP) is 6.04. The molecule has 180 valence electrons. The molecule has 4 aromatic rings. The largest absolute Gasteiger partial charge is 0.484 e. The van der Waals surface area contributed by atoms with Crippen LogP contribution in [-0.2, 0) is 4.79 Å². The van der Waals surface area contributed by atoms with Crippen molar-refractivity contribution in [1.82, 2.24) is 15.1 Å². The average Bonchev–Trinajstić information content (AvgIpc) is 3.45. The highest BCUT2D eigenvalue weighted by atomic mass is 19.1.